The maximum Gasteiger partial charge on any atom is 0.264 e. The molecule has 0 aliphatic heterocycles. The number of rotatable bonds is 3. The van der Waals surface area contributed by atoms with Gasteiger partial charge in [0.05, 0.1) is 5.69 Å². The van der Waals surface area contributed by atoms with Crippen LogP contribution in [0.2, 0.25) is 0 Å². The van der Waals surface area contributed by atoms with Gasteiger partial charge in [0.25, 0.3) is 5.56 Å². The van der Waals surface area contributed by atoms with Gasteiger partial charge in [-0.2, -0.15) is 5.10 Å². The maximum atomic E-state index is 10.8. The highest BCUT2D eigenvalue weighted by molar-refractivity contribution is 7.98. The summed E-state index contributed by atoms with van der Waals surface area (Å²) in [4.78, 5) is 12.1. The van der Waals surface area contributed by atoms with Gasteiger partial charge in [0.1, 0.15) is 0 Å². The Hall–Kier alpha value is -1.81. The van der Waals surface area contributed by atoms with E-state index in [1.165, 1.54) is 11.0 Å². The third-order valence-electron chi connectivity index (χ3n) is 2.26. The molecule has 4 heteroatoms. The molecule has 17 heavy (non-hydrogen) atoms. The van der Waals surface area contributed by atoms with Crippen molar-refractivity contribution in [2.24, 2.45) is 0 Å². The summed E-state index contributed by atoms with van der Waals surface area (Å²) in [6.45, 7) is 0. The molecule has 0 fully saturated rings. The Morgan fingerprint density at radius 3 is 2.47 bits per heavy atom. The molecule has 86 valence electrons. The molecule has 2 rings (SSSR count). The second-order valence-electron chi connectivity index (χ2n) is 3.45. The van der Waals surface area contributed by atoms with E-state index in [4.69, 9.17) is 0 Å². The fourth-order valence-corrected chi connectivity index (χ4v) is 1.75. The van der Waals surface area contributed by atoms with Crippen molar-refractivity contribution in [1.82, 2.24) is 10.2 Å². The number of hydrogen-bond acceptors (Lipinski definition) is 3. The Morgan fingerprint density at radius 1 is 1.12 bits per heavy atom. The van der Waals surface area contributed by atoms with Gasteiger partial charge < -0.3 is 0 Å². The minimum atomic E-state index is -0.188. The van der Waals surface area contributed by atoms with Crippen molar-refractivity contribution in [3.63, 3.8) is 0 Å². The molecule has 1 N–H and O–H groups in total. The summed E-state index contributed by atoms with van der Waals surface area (Å²) < 4.78 is 0. The maximum absolute atomic E-state index is 10.8. The number of nitrogens with zero attached hydrogens (tertiary/aromatic N) is 1. The highest BCUT2D eigenvalue weighted by Gasteiger charge is 1.91. The van der Waals surface area contributed by atoms with Gasteiger partial charge in [-0.25, -0.2) is 5.10 Å². The van der Waals surface area contributed by atoms with Crippen LogP contribution in [0.5, 0.6) is 0 Å². The summed E-state index contributed by atoms with van der Waals surface area (Å²) >= 11 is 1.72. The fraction of sp³-hybridized carbons (Fsp3) is 0.0769. The van der Waals surface area contributed by atoms with Crippen molar-refractivity contribution in [3.8, 4) is 0 Å². The first-order valence-corrected chi connectivity index (χ1v) is 6.38. The number of nitrogens with one attached hydrogen (secondary N) is 1. The first-order chi connectivity index (χ1) is 8.28. The van der Waals surface area contributed by atoms with Crippen LogP contribution in [0.3, 0.4) is 0 Å². The number of benzene rings is 1. The molecular formula is C13H12N2OS. The first-order valence-electron chi connectivity index (χ1n) is 5.16. The fourth-order valence-electron chi connectivity index (χ4n) is 1.34. The van der Waals surface area contributed by atoms with E-state index in [0.29, 0.717) is 0 Å². The second kappa shape index (κ2) is 5.50. The molecule has 0 unspecified atom stereocenters. The summed E-state index contributed by atoms with van der Waals surface area (Å²) in [5.41, 5.74) is 1.65. The Bertz CT molecular complexity index is 552. The molecular weight excluding hydrogens is 232 g/mol. The molecule has 0 radical (unpaired) electrons. The Kier molecular flexibility index (Phi) is 3.77. The van der Waals surface area contributed by atoms with Crippen molar-refractivity contribution in [3.05, 3.63) is 58.0 Å². The van der Waals surface area contributed by atoms with Crippen LogP contribution in [-0.4, -0.2) is 16.5 Å². The van der Waals surface area contributed by atoms with Crippen LogP contribution in [0.1, 0.15) is 11.3 Å². The highest BCUT2D eigenvalue weighted by atomic mass is 32.2. The van der Waals surface area contributed by atoms with Gasteiger partial charge >= 0.3 is 0 Å². The molecule has 3 nitrogen and oxygen atoms in total. The molecule has 0 atom stereocenters. The summed E-state index contributed by atoms with van der Waals surface area (Å²) in [7, 11) is 0. The predicted octanol–water partition coefficient (Wildman–Crippen LogP) is 2.66. The lowest BCUT2D eigenvalue weighted by atomic mass is 10.2. The molecule has 0 saturated heterocycles. The average molecular weight is 244 g/mol. The Balaban J connectivity index is 2.14. The highest BCUT2D eigenvalue weighted by Crippen LogP contribution is 2.15. The SMILES string of the molecule is CSc1ccc(C=Cc2ccc(=O)[nH]n2)cc1. The summed E-state index contributed by atoms with van der Waals surface area (Å²) in [6.07, 6.45) is 5.88. The van der Waals surface area contributed by atoms with Crippen LogP contribution in [0, 0.1) is 0 Å². The smallest absolute Gasteiger partial charge is 0.264 e. The van der Waals surface area contributed by atoms with Crippen molar-refractivity contribution < 1.29 is 0 Å². The summed E-state index contributed by atoms with van der Waals surface area (Å²) in [6, 6.07) is 11.4. The topological polar surface area (TPSA) is 45.8 Å². The molecule has 2 aromatic rings. The summed E-state index contributed by atoms with van der Waals surface area (Å²) in [5.74, 6) is 0. The van der Waals surface area contributed by atoms with Crippen molar-refractivity contribution in [1.29, 1.82) is 0 Å². The molecule has 1 aromatic heterocycles. The molecule has 0 bridgehead atoms. The summed E-state index contributed by atoms with van der Waals surface area (Å²) in [5, 5.41) is 6.29. The molecule has 0 aliphatic rings. The van der Waals surface area contributed by atoms with Crippen LogP contribution in [0.25, 0.3) is 12.2 Å². The third-order valence-corrected chi connectivity index (χ3v) is 3.01. The minimum absolute atomic E-state index is 0.188. The molecule has 1 heterocycles. The lowest BCUT2D eigenvalue weighted by Gasteiger charge is -1.96. The third kappa shape index (κ3) is 3.32. The van der Waals surface area contributed by atoms with E-state index in [9.17, 15) is 4.79 Å². The van der Waals surface area contributed by atoms with Gasteiger partial charge in [-0.15, -0.1) is 11.8 Å². The lowest BCUT2D eigenvalue weighted by Crippen LogP contribution is -2.05. The number of hydrogen-bond donors (Lipinski definition) is 1. The zero-order chi connectivity index (χ0) is 12.1. The van der Waals surface area contributed by atoms with E-state index < -0.39 is 0 Å². The van der Waals surface area contributed by atoms with E-state index >= 15 is 0 Å². The lowest BCUT2D eigenvalue weighted by molar-refractivity contribution is 0.977. The van der Waals surface area contributed by atoms with Gasteiger partial charge in [0.15, 0.2) is 0 Å². The van der Waals surface area contributed by atoms with Crippen LogP contribution in [0.15, 0.2) is 46.1 Å². The van der Waals surface area contributed by atoms with Gasteiger partial charge in [-0.3, -0.25) is 4.79 Å². The van der Waals surface area contributed by atoms with Gasteiger partial charge in [0, 0.05) is 11.0 Å². The molecule has 0 saturated carbocycles. The number of aromatic amines is 1. The Morgan fingerprint density at radius 2 is 1.88 bits per heavy atom. The number of H-pyrrole nitrogens is 1. The zero-order valence-electron chi connectivity index (χ0n) is 9.38. The van der Waals surface area contributed by atoms with Crippen LogP contribution >= 0.6 is 11.8 Å². The molecule has 0 amide bonds. The van der Waals surface area contributed by atoms with E-state index in [-0.39, 0.29) is 5.56 Å². The monoisotopic (exact) mass is 244 g/mol. The quantitative estimate of drug-likeness (QED) is 0.844. The molecule has 0 spiro atoms. The predicted molar refractivity (Wildman–Crippen MR) is 72.0 cm³/mol. The second-order valence-corrected chi connectivity index (χ2v) is 4.33. The van der Waals surface area contributed by atoms with E-state index in [1.807, 2.05) is 24.3 Å². The van der Waals surface area contributed by atoms with Gasteiger partial charge in [0.2, 0.25) is 0 Å². The molecule has 1 aromatic carbocycles. The first kappa shape index (κ1) is 11.7. The van der Waals surface area contributed by atoms with Gasteiger partial charge in [-0.05, 0) is 36.1 Å². The van der Waals surface area contributed by atoms with Crippen LogP contribution in [-0.2, 0) is 0 Å². The van der Waals surface area contributed by atoms with Crippen molar-refractivity contribution in [2.75, 3.05) is 6.26 Å². The van der Waals surface area contributed by atoms with E-state index in [0.717, 1.165) is 11.3 Å². The minimum Gasteiger partial charge on any atom is -0.268 e. The van der Waals surface area contributed by atoms with Crippen LogP contribution in [0.4, 0.5) is 0 Å². The van der Waals surface area contributed by atoms with Gasteiger partial charge in [-0.1, -0.05) is 18.2 Å². The Labute approximate surface area is 104 Å². The largest absolute Gasteiger partial charge is 0.268 e. The average Bonchev–Trinajstić information content (AvgIpc) is 2.39. The van der Waals surface area contributed by atoms with Crippen molar-refractivity contribution in [2.45, 2.75) is 4.90 Å². The van der Waals surface area contributed by atoms with Crippen molar-refractivity contribution >= 4 is 23.9 Å². The standard InChI is InChI=1S/C13H12N2OS/c1-17-12-7-3-10(4-8-12)2-5-11-6-9-13(16)15-14-11/h2-9H,1H3,(H,15,16). The van der Waals surface area contributed by atoms with E-state index in [1.54, 1.807) is 17.8 Å². The zero-order valence-corrected chi connectivity index (χ0v) is 10.2. The number of thioether (sulfide) groups is 1. The normalized spacial score (nSPS) is 10.9. The number of aromatic nitrogens is 2. The van der Waals surface area contributed by atoms with E-state index in [2.05, 4.69) is 28.6 Å². The van der Waals surface area contributed by atoms with Crippen LogP contribution < -0.4 is 5.56 Å². The molecule has 0 aliphatic carbocycles.